The molecule has 1 fully saturated rings. The normalized spacial score (nSPS) is 19.2. The van der Waals surface area contributed by atoms with Crippen LogP contribution >= 0.6 is 0 Å². The number of aliphatic hydroxyl groups is 3. The van der Waals surface area contributed by atoms with Crippen molar-refractivity contribution in [3.05, 3.63) is 0 Å². The van der Waals surface area contributed by atoms with Crippen LogP contribution in [0.25, 0.3) is 0 Å². The highest BCUT2D eigenvalue weighted by Gasteiger charge is 2.48. The molecule has 0 aromatic rings. The summed E-state index contributed by atoms with van der Waals surface area (Å²) in [5.41, 5.74) is 0. The van der Waals surface area contributed by atoms with Crippen LogP contribution in [-0.4, -0.2) is 99.3 Å². The van der Waals surface area contributed by atoms with Crippen molar-refractivity contribution in [3.8, 4) is 0 Å². The number of nitrogens with zero attached hydrogens (tertiary/aromatic N) is 1. The zero-order valence-electron chi connectivity index (χ0n) is 36.9. The van der Waals surface area contributed by atoms with E-state index in [1.165, 1.54) is 109 Å². The van der Waals surface area contributed by atoms with Gasteiger partial charge in [-0.05, 0) is 25.7 Å². The van der Waals surface area contributed by atoms with E-state index >= 15 is 0 Å². The average Bonchev–Trinajstić information content (AvgIpc) is 3.21. The van der Waals surface area contributed by atoms with Gasteiger partial charge in [-0.3, -0.25) is 19.2 Å². The summed E-state index contributed by atoms with van der Waals surface area (Å²) in [6.07, 6.45) is 27.6. The summed E-state index contributed by atoms with van der Waals surface area (Å²) in [7, 11) is 0. The molecule has 1 aliphatic heterocycles. The number of hydrogen-bond acceptors (Lipinski definition) is 8. The van der Waals surface area contributed by atoms with Crippen LogP contribution in [0.5, 0.6) is 0 Å². The number of amides is 3. The molecule has 12 nitrogen and oxygen atoms in total. The Bertz CT molecular complexity index is 1050. The standard InChI is InChI=1S/C46H87N3O9/c1-3-5-7-9-11-13-14-15-16-17-18-19-21-23-27-31-35-49(41(53)33-29-24-22-20-12-10-8-6-4-2)46-43(45(57)44(56)38(37-50)58-46)48-40(52)36-47-39(51)32-28-25-26-30-34-42(54)55/h38,43-46,50,56-57H,3-37H2,1-2H3,(H,47,51)(H,48,52)(H,54,55)/t38-,43+,44-,45-,46-/m1/s1. The smallest absolute Gasteiger partial charge is 0.303 e. The van der Waals surface area contributed by atoms with Crippen molar-refractivity contribution in [1.82, 2.24) is 15.5 Å². The number of aliphatic hydroxyl groups excluding tert-OH is 3. The van der Waals surface area contributed by atoms with Crippen molar-refractivity contribution in [2.45, 2.75) is 250 Å². The first-order valence-corrected chi connectivity index (χ1v) is 23.9. The molecule has 340 valence electrons. The molecule has 1 saturated heterocycles. The molecular formula is C46H87N3O9. The van der Waals surface area contributed by atoms with E-state index in [1.807, 2.05) is 0 Å². The number of carbonyl (C=O) groups excluding carboxylic acids is 3. The predicted molar refractivity (Wildman–Crippen MR) is 231 cm³/mol. The Morgan fingerprint density at radius 2 is 0.948 bits per heavy atom. The summed E-state index contributed by atoms with van der Waals surface area (Å²) in [4.78, 5) is 51.7. The van der Waals surface area contributed by atoms with Gasteiger partial charge in [-0.2, -0.15) is 0 Å². The maximum atomic E-state index is 13.9. The molecule has 58 heavy (non-hydrogen) atoms. The Morgan fingerprint density at radius 3 is 1.40 bits per heavy atom. The van der Waals surface area contributed by atoms with E-state index in [2.05, 4.69) is 24.5 Å². The first kappa shape index (κ1) is 53.7. The van der Waals surface area contributed by atoms with Crippen molar-refractivity contribution in [3.63, 3.8) is 0 Å². The summed E-state index contributed by atoms with van der Waals surface area (Å²) in [6, 6.07) is -1.18. The molecule has 6 N–H and O–H groups in total. The van der Waals surface area contributed by atoms with Gasteiger partial charge in [-0.1, -0.05) is 174 Å². The van der Waals surface area contributed by atoms with Gasteiger partial charge >= 0.3 is 5.97 Å². The van der Waals surface area contributed by atoms with Crippen molar-refractivity contribution < 1.29 is 44.3 Å². The molecule has 1 aliphatic rings. The van der Waals surface area contributed by atoms with Gasteiger partial charge in [0.2, 0.25) is 17.7 Å². The van der Waals surface area contributed by atoms with E-state index in [0.717, 1.165) is 44.9 Å². The number of aliphatic carboxylic acids is 1. The van der Waals surface area contributed by atoms with Crippen LogP contribution in [0.2, 0.25) is 0 Å². The third kappa shape index (κ3) is 26.7. The van der Waals surface area contributed by atoms with Crippen LogP contribution in [0.3, 0.4) is 0 Å². The molecule has 1 heterocycles. The van der Waals surface area contributed by atoms with Crippen molar-refractivity contribution in [1.29, 1.82) is 0 Å². The van der Waals surface area contributed by atoms with Crippen LogP contribution in [0.4, 0.5) is 0 Å². The minimum atomic E-state index is -1.52. The van der Waals surface area contributed by atoms with Crippen LogP contribution in [-0.2, 0) is 23.9 Å². The maximum Gasteiger partial charge on any atom is 0.303 e. The largest absolute Gasteiger partial charge is 0.481 e. The fourth-order valence-electron chi connectivity index (χ4n) is 7.89. The fourth-order valence-corrected chi connectivity index (χ4v) is 7.89. The Labute approximate surface area is 352 Å². The molecule has 0 aromatic carbocycles. The Balaban J connectivity index is 2.74. The van der Waals surface area contributed by atoms with E-state index in [1.54, 1.807) is 4.90 Å². The van der Waals surface area contributed by atoms with Gasteiger partial charge < -0.3 is 40.7 Å². The number of carboxylic acids is 1. The lowest BCUT2D eigenvalue weighted by Crippen LogP contribution is -2.69. The number of hydrogen-bond donors (Lipinski definition) is 6. The molecule has 0 unspecified atom stereocenters. The lowest BCUT2D eigenvalue weighted by molar-refractivity contribution is -0.231. The molecule has 0 aliphatic carbocycles. The number of carboxylic acid groups (broad SMARTS) is 1. The molecule has 1 rings (SSSR count). The molecule has 0 spiro atoms. The minimum Gasteiger partial charge on any atom is -0.481 e. The van der Waals surface area contributed by atoms with Crippen molar-refractivity contribution >= 4 is 23.7 Å². The molecule has 3 amide bonds. The van der Waals surface area contributed by atoms with Crippen LogP contribution in [0.1, 0.15) is 219 Å². The average molecular weight is 826 g/mol. The predicted octanol–water partition coefficient (Wildman–Crippen LogP) is 8.46. The summed E-state index contributed by atoms with van der Waals surface area (Å²) < 4.78 is 6.12. The topological polar surface area (TPSA) is 186 Å². The second-order valence-electron chi connectivity index (χ2n) is 16.9. The fraction of sp³-hybridized carbons (Fsp3) is 0.913. The van der Waals surface area contributed by atoms with Gasteiger partial charge in [0.25, 0.3) is 0 Å². The van der Waals surface area contributed by atoms with Gasteiger partial charge in [-0.25, -0.2) is 0 Å². The Kier molecular flexibility index (Phi) is 33.9. The van der Waals surface area contributed by atoms with E-state index in [0.29, 0.717) is 45.1 Å². The second kappa shape index (κ2) is 36.6. The molecule has 12 heteroatoms. The molecule has 0 aromatic heterocycles. The number of nitrogens with one attached hydrogen (secondary N) is 2. The Hall–Kier alpha value is -2.28. The molecule has 0 radical (unpaired) electrons. The monoisotopic (exact) mass is 826 g/mol. The van der Waals surface area contributed by atoms with E-state index in [4.69, 9.17) is 9.84 Å². The zero-order valence-corrected chi connectivity index (χ0v) is 36.9. The summed E-state index contributed by atoms with van der Waals surface area (Å²) in [5.74, 6) is -1.92. The van der Waals surface area contributed by atoms with E-state index in [-0.39, 0.29) is 31.2 Å². The number of unbranched alkanes of at least 4 members (excludes halogenated alkanes) is 26. The highest BCUT2D eigenvalue weighted by molar-refractivity contribution is 5.85. The third-order valence-electron chi connectivity index (χ3n) is 11.6. The lowest BCUT2D eigenvalue weighted by atomic mass is 9.94. The minimum absolute atomic E-state index is 0.0969. The van der Waals surface area contributed by atoms with Gasteiger partial charge in [0.15, 0.2) is 6.23 Å². The maximum absolute atomic E-state index is 13.9. The number of rotatable bonds is 39. The highest BCUT2D eigenvalue weighted by Crippen LogP contribution is 2.26. The Morgan fingerprint density at radius 1 is 0.534 bits per heavy atom. The van der Waals surface area contributed by atoms with Gasteiger partial charge in [0.05, 0.1) is 13.2 Å². The quantitative estimate of drug-likeness (QED) is 0.0331. The molecular weight excluding hydrogens is 739 g/mol. The summed E-state index contributed by atoms with van der Waals surface area (Å²) in [6.45, 7) is 3.89. The van der Waals surface area contributed by atoms with Gasteiger partial charge in [0.1, 0.15) is 24.4 Å². The number of ether oxygens (including phenoxy) is 1. The molecule has 0 bridgehead atoms. The van der Waals surface area contributed by atoms with Crippen molar-refractivity contribution in [2.24, 2.45) is 0 Å². The SMILES string of the molecule is CCCCCCCCCCCCCCCCCCN(C(=O)CCCCCCCCCCC)[C@@H]1O[C@H](CO)[C@@H](O)[C@H](O)[C@@H]1NC(=O)CNC(=O)CCCCCCC(=O)O. The first-order chi connectivity index (χ1) is 28.2. The summed E-state index contributed by atoms with van der Waals surface area (Å²) >= 11 is 0. The van der Waals surface area contributed by atoms with E-state index in [9.17, 15) is 34.5 Å². The number of carbonyl (C=O) groups is 4. The van der Waals surface area contributed by atoms with Crippen LogP contribution in [0, 0.1) is 0 Å². The van der Waals surface area contributed by atoms with E-state index < -0.39 is 49.1 Å². The highest BCUT2D eigenvalue weighted by atomic mass is 16.5. The van der Waals surface area contributed by atoms with Gasteiger partial charge in [0, 0.05) is 25.8 Å². The second-order valence-corrected chi connectivity index (χ2v) is 16.9. The third-order valence-corrected chi connectivity index (χ3v) is 11.6. The van der Waals surface area contributed by atoms with Crippen LogP contribution in [0.15, 0.2) is 0 Å². The molecule has 0 saturated carbocycles. The first-order valence-electron chi connectivity index (χ1n) is 23.9. The zero-order chi connectivity index (χ0) is 42.6. The van der Waals surface area contributed by atoms with Gasteiger partial charge in [-0.15, -0.1) is 0 Å². The molecule has 5 atom stereocenters. The van der Waals surface area contributed by atoms with Crippen molar-refractivity contribution in [2.75, 3.05) is 19.7 Å². The van der Waals surface area contributed by atoms with Crippen LogP contribution < -0.4 is 10.6 Å². The summed E-state index contributed by atoms with van der Waals surface area (Å²) in [5, 5.41) is 46.1. The lowest BCUT2D eigenvalue weighted by Gasteiger charge is -2.47.